The topological polar surface area (TPSA) is 53.3 Å². The molecule has 0 radical (unpaired) electrons. The van der Waals surface area contributed by atoms with E-state index in [4.69, 9.17) is 4.74 Å². The second-order valence-corrected chi connectivity index (χ2v) is 13.9. The normalized spacial score (nSPS) is 11.8. The highest BCUT2D eigenvalue weighted by molar-refractivity contribution is 9.10. The number of aromatic nitrogens is 2. The molecular formula is C15H20BrFN2O3SSi. The van der Waals surface area contributed by atoms with Crippen molar-refractivity contribution in [3.63, 3.8) is 0 Å². The molecule has 0 atom stereocenters. The maximum absolute atomic E-state index is 14.3. The van der Waals surface area contributed by atoms with Crippen molar-refractivity contribution in [2.24, 2.45) is 0 Å². The zero-order valence-electron chi connectivity index (χ0n) is 14.1. The average molecular weight is 435 g/mol. The molecule has 0 saturated carbocycles. The zero-order valence-corrected chi connectivity index (χ0v) is 17.5. The van der Waals surface area contributed by atoms with Crippen molar-refractivity contribution in [3.8, 4) is 10.4 Å². The summed E-state index contributed by atoms with van der Waals surface area (Å²) < 4.78 is 26.4. The number of halogens is 2. The van der Waals surface area contributed by atoms with E-state index in [9.17, 15) is 9.18 Å². The number of ether oxygens (including phenoxy) is 2. The van der Waals surface area contributed by atoms with E-state index < -0.39 is 19.9 Å². The van der Waals surface area contributed by atoms with Gasteiger partial charge >= 0.3 is 5.97 Å². The minimum atomic E-state index is -1.12. The molecule has 0 fully saturated rings. The molecule has 2 rings (SSSR count). The van der Waals surface area contributed by atoms with Gasteiger partial charge in [-0.05, 0) is 22.0 Å². The lowest BCUT2D eigenvalue weighted by atomic mass is 10.3. The predicted octanol–water partition coefficient (Wildman–Crippen LogP) is 4.61. The third-order valence-electron chi connectivity index (χ3n) is 3.28. The Hall–Kier alpha value is -1.03. The number of rotatable bonds is 7. The Morgan fingerprint density at radius 1 is 1.46 bits per heavy atom. The molecule has 0 unspecified atom stereocenters. The Morgan fingerprint density at radius 2 is 2.17 bits per heavy atom. The summed E-state index contributed by atoms with van der Waals surface area (Å²) in [5, 5.41) is 4.18. The molecule has 0 aliphatic carbocycles. The fraction of sp³-hybridized carbons (Fsp3) is 0.467. The number of esters is 1. The van der Waals surface area contributed by atoms with Gasteiger partial charge in [0.2, 0.25) is 0 Å². The molecule has 0 amide bonds. The number of methoxy groups -OCH3 is 1. The van der Waals surface area contributed by atoms with Gasteiger partial charge in [-0.15, -0.1) is 11.3 Å². The van der Waals surface area contributed by atoms with Gasteiger partial charge in [-0.25, -0.2) is 13.9 Å². The molecular weight excluding hydrogens is 415 g/mol. The standard InChI is InChI=1S/C15H20BrFN2O3SSi/c1-21-15(20)14-11(16)12(17)13(23-14)10-7-18-19(8-10)9-22-5-6-24(2,3)4/h7-8H,5-6,9H2,1-4H3. The molecule has 5 nitrogen and oxygen atoms in total. The van der Waals surface area contributed by atoms with E-state index in [2.05, 4.69) is 45.4 Å². The SMILES string of the molecule is COC(=O)c1sc(-c2cnn(COCC[Si](C)(C)C)c2)c(F)c1Br. The van der Waals surface area contributed by atoms with Gasteiger partial charge in [0, 0.05) is 26.4 Å². The van der Waals surface area contributed by atoms with E-state index in [0.29, 0.717) is 23.8 Å². The van der Waals surface area contributed by atoms with Crippen molar-refractivity contribution in [3.05, 3.63) is 27.6 Å². The molecule has 0 N–H and O–H groups in total. The first-order valence-corrected chi connectivity index (χ1v) is 12.7. The number of nitrogens with zero attached hydrogens (tertiary/aromatic N) is 2. The molecule has 132 valence electrons. The summed E-state index contributed by atoms with van der Waals surface area (Å²) in [4.78, 5) is 12.2. The second-order valence-electron chi connectivity index (χ2n) is 6.50. The summed E-state index contributed by atoms with van der Waals surface area (Å²) in [5.41, 5.74) is 0.599. The molecule has 2 heterocycles. The molecule has 0 spiro atoms. The summed E-state index contributed by atoms with van der Waals surface area (Å²) in [5.74, 6) is -1.06. The first-order valence-electron chi connectivity index (χ1n) is 7.39. The van der Waals surface area contributed by atoms with E-state index >= 15 is 0 Å². The van der Waals surface area contributed by atoms with E-state index in [1.807, 2.05) is 0 Å². The Balaban J connectivity index is 2.07. The van der Waals surface area contributed by atoms with Crippen LogP contribution in [0.4, 0.5) is 4.39 Å². The maximum Gasteiger partial charge on any atom is 0.349 e. The smallest absolute Gasteiger partial charge is 0.349 e. The van der Waals surface area contributed by atoms with Gasteiger partial charge in [-0.2, -0.15) is 5.10 Å². The minimum Gasteiger partial charge on any atom is -0.465 e. The minimum absolute atomic E-state index is 0.119. The first-order chi connectivity index (χ1) is 11.2. The van der Waals surface area contributed by atoms with Gasteiger partial charge in [0.1, 0.15) is 11.6 Å². The summed E-state index contributed by atoms with van der Waals surface area (Å²) in [6, 6.07) is 1.08. The van der Waals surface area contributed by atoms with Gasteiger partial charge in [-0.3, -0.25) is 0 Å². The Morgan fingerprint density at radius 3 is 2.79 bits per heavy atom. The predicted molar refractivity (Wildman–Crippen MR) is 98.6 cm³/mol. The molecule has 0 aromatic carbocycles. The van der Waals surface area contributed by atoms with Gasteiger partial charge in [0.25, 0.3) is 0 Å². The fourth-order valence-corrected chi connectivity index (χ4v) is 4.34. The van der Waals surface area contributed by atoms with Crippen LogP contribution in [-0.4, -0.2) is 37.5 Å². The number of thiophene rings is 1. The highest BCUT2D eigenvalue weighted by atomic mass is 79.9. The van der Waals surface area contributed by atoms with Crippen LogP contribution in [0.3, 0.4) is 0 Å². The maximum atomic E-state index is 14.3. The molecule has 9 heteroatoms. The van der Waals surface area contributed by atoms with Crippen molar-refractivity contribution >= 4 is 41.3 Å². The van der Waals surface area contributed by atoms with Crippen molar-refractivity contribution in [2.75, 3.05) is 13.7 Å². The molecule has 0 aliphatic rings. The summed E-state index contributed by atoms with van der Waals surface area (Å²) in [6.45, 7) is 7.88. The molecule has 0 aliphatic heterocycles. The van der Waals surface area contributed by atoms with Crippen LogP contribution in [0, 0.1) is 5.82 Å². The van der Waals surface area contributed by atoms with Crippen LogP contribution in [0.15, 0.2) is 16.9 Å². The van der Waals surface area contributed by atoms with Crippen LogP contribution in [-0.2, 0) is 16.2 Å². The molecule has 24 heavy (non-hydrogen) atoms. The lowest BCUT2D eigenvalue weighted by Crippen LogP contribution is -2.22. The van der Waals surface area contributed by atoms with Crippen molar-refractivity contribution in [1.29, 1.82) is 0 Å². The van der Waals surface area contributed by atoms with E-state index in [1.54, 1.807) is 17.1 Å². The van der Waals surface area contributed by atoms with Crippen LogP contribution in [0.25, 0.3) is 10.4 Å². The molecule has 0 saturated heterocycles. The number of carbonyl (C=O) groups is 1. The van der Waals surface area contributed by atoms with Crippen LogP contribution in [0.1, 0.15) is 9.67 Å². The molecule has 2 aromatic heterocycles. The average Bonchev–Trinajstić information content (AvgIpc) is 3.08. The highest BCUT2D eigenvalue weighted by Gasteiger charge is 2.23. The third kappa shape index (κ3) is 4.75. The van der Waals surface area contributed by atoms with Gasteiger partial charge in [0.05, 0.1) is 22.7 Å². The number of hydrogen-bond acceptors (Lipinski definition) is 5. The van der Waals surface area contributed by atoms with Crippen LogP contribution in [0.2, 0.25) is 25.7 Å². The quantitative estimate of drug-likeness (QED) is 0.362. The van der Waals surface area contributed by atoms with Crippen LogP contribution >= 0.6 is 27.3 Å². The van der Waals surface area contributed by atoms with Gasteiger partial charge in [0.15, 0.2) is 5.82 Å². The van der Waals surface area contributed by atoms with Crippen molar-refractivity contribution in [2.45, 2.75) is 32.4 Å². The monoisotopic (exact) mass is 434 g/mol. The number of hydrogen-bond donors (Lipinski definition) is 0. The Labute approximate surface area is 153 Å². The van der Waals surface area contributed by atoms with Crippen LogP contribution < -0.4 is 0 Å². The van der Waals surface area contributed by atoms with Crippen molar-refractivity contribution in [1.82, 2.24) is 9.78 Å². The third-order valence-corrected chi connectivity index (χ3v) is 7.19. The fourth-order valence-electron chi connectivity index (χ4n) is 1.89. The second kappa shape index (κ2) is 7.90. The molecule has 2 aromatic rings. The summed E-state index contributed by atoms with van der Waals surface area (Å²) >= 11 is 4.13. The largest absolute Gasteiger partial charge is 0.465 e. The summed E-state index contributed by atoms with van der Waals surface area (Å²) in [7, 11) is 0.146. The Kier molecular flexibility index (Phi) is 6.35. The Bertz CT molecular complexity index is 727. The zero-order chi connectivity index (χ0) is 17.9. The lowest BCUT2D eigenvalue weighted by molar-refractivity contribution is 0.0605. The van der Waals surface area contributed by atoms with Crippen LogP contribution in [0.5, 0.6) is 0 Å². The summed E-state index contributed by atoms with van der Waals surface area (Å²) in [6.07, 6.45) is 3.27. The molecule has 0 bridgehead atoms. The number of carbonyl (C=O) groups excluding carboxylic acids is 1. The van der Waals surface area contributed by atoms with E-state index in [1.165, 1.54) is 7.11 Å². The van der Waals surface area contributed by atoms with E-state index in [-0.39, 0.29) is 9.35 Å². The lowest BCUT2D eigenvalue weighted by Gasteiger charge is -2.15. The van der Waals surface area contributed by atoms with Crippen molar-refractivity contribution < 1.29 is 18.7 Å². The van der Waals surface area contributed by atoms with E-state index in [0.717, 1.165) is 17.4 Å². The highest BCUT2D eigenvalue weighted by Crippen LogP contribution is 2.38. The van der Waals surface area contributed by atoms with Gasteiger partial charge < -0.3 is 9.47 Å². The first kappa shape index (κ1) is 19.3. The van der Waals surface area contributed by atoms with Gasteiger partial charge in [-0.1, -0.05) is 19.6 Å².